The molecule has 0 aromatic rings. The number of hydrogen-bond acceptors (Lipinski definition) is 11. The Morgan fingerprint density at radius 2 is 1.59 bits per heavy atom. The molecule has 0 spiro atoms. The Balaban J connectivity index is 0.654. The molecule has 14 nitrogen and oxygen atoms in total. The number of ether oxygens (including phenoxy) is 3. The van der Waals surface area contributed by atoms with Crippen LogP contribution in [0.25, 0.3) is 0 Å². The number of Topliss-reactive ketones (excluding diaryl/α,β-unsaturated/α-hetero) is 1. The average molecular weight is 915 g/mol. The summed E-state index contributed by atoms with van der Waals surface area (Å²) < 4.78 is 17.4. The molecule has 5 aliphatic carbocycles. The lowest BCUT2D eigenvalue weighted by Crippen LogP contribution is -2.67. The molecule has 2 saturated heterocycles. The smallest absolute Gasteiger partial charge is 0.315 e. The van der Waals surface area contributed by atoms with Gasteiger partial charge >= 0.3 is 6.03 Å². The molecular formula is C49H78N4O10S. The number of nitrogens with one attached hydrogen (secondary N) is 4. The number of unbranched alkanes of at least 4 members (excludes halogenated alkanes) is 3. The van der Waals surface area contributed by atoms with Crippen molar-refractivity contribution in [2.24, 2.45) is 34.5 Å². The van der Waals surface area contributed by atoms with Crippen molar-refractivity contribution in [1.82, 2.24) is 21.3 Å². The monoisotopic (exact) mass is 915 g/mol. The van der Waals surface area contributed by atoms with Crippen LogP contribution in [-0.4, -0.2) is 127 Å². The van der Waals surface area contributed by atoms with Crippen LogP contribution in [0.3, 0.4) is 0 Å². The number of carbonyl (C=O) groups is 5. The largest absolute Gasteiger partial charge is 0.392 e. The maximum absolute atomic E-state index is 12.7. The lowest BCUT2D eigenvalue weighted by atomic mass is 9.42. The highest BCUT2D eigenvalue weighted by Gasteiger charge is 2.70. The van der Waals surface area contributed by atoms with E-state index in [1.165, 1.54) is 0 Å². The number of rotatable bonds is 25. The second kappa shape index (κ2) is 22.5. The van der Waals surface area contributed by atoms with E-state index in [9.17, 15) is 34.2 Å². The minimum absolute atomic E-state index is 0.00707. The lowest BCUT2D eigenvalue weighted by Gasteiger charge is -2.65. The highest BCUT2D eigenvalue weighted by molar-refractivity contribution is 8.00. The maximum atomic E-state index is 12.7. The molecule has 15 heteroatoms. The van der Waals surface area contributed by atoms with Gasteiger partial charge in [-0.25, -0.2) is 4.79 Å². The van der Waals surface area contributed by atoms with Gasteiger partial charge in [0.05, 0.1) is 49.7 Å². The van der Waals surface area contributed by atoms with Crippen LogP contribution in [0.1, 0.15) is 142 Å². The van der Waals surface area contributed by atoms with Crippen LogP contribution in [-0.2, 0) is 33.4 Å². The van der Waals surface area contributed by atoms with Crippen molar-refractivity contribution in [3.63, 3.8) is 0 Å². The fourth-order valence-corrected chi connectivity index (χ4v) is 14.9. The van der Waals surface area contributed by atoms with Gasteiger partial charge < -0.3 is 45.7 Å². The minimum Gasteiger partial charge on any atom is -0.392 e. The number of carbonyl (C=O) groups excluding carboxylic acids is 5. The van der Waals surface area contributed by atoms with Gasteiger partial charge in [0.1, 0.15) is 12.4 Å². The first-order chi connectivity index (χ1) is 30.8. The van der Waals surface area contributed by atoms with Crippen LogP contribution < -0.4 is 21.3 Å². The summed E-state index contributed by atoms with van der Waals surface area (Å²) in [5, 5.41) is 36.7. The molecule has 0 aromatic heterocycles. The van der Waals surface area contributed by atoms with Crippen LogP contribution in [0.2, 0.25) is 0 Å². The molecule has 4 saturated carbocycles. The summed E-state index contributed by atoms with van der Waals surface area (Å²) in [6, 6.07) is 0.403. The van der Waals surface area contributed by atoms with Gasteiger partial charge in [0.2, 0.25) is 11.8 Å². The molecule has 4 amide bonds. The molecule has 7 aliphatic rings. The molecule has 7 rings (SSSR count). The maximum Gasteiger partial charge on any atom is 0.315 e. The molecule has 0 unspecified atom stereocenters. The minimum atomic E-state index is -0.935. The van der Waals surface area contributed by atoms with Gasteiger partial charge in [-0.05, 0) is 125 Å². The number of thioether (sulfide) groups is 1. The quantitative estimate of drug-likeness (QED) is 0.0513. The van der Waals surface area contributed by atoms with Crippen molar-refractivity contribution < 1.29 is 48.4 Å². The van der Waals surface area contributed by atoms with Gasteiger partial charge in [0, 0.05) is 61.8 Å². The van der Waals surface area contributed by atoms with Crippen LogP contribution >= 0.6 is 11.8 Å². The molecule has 6 fully saturated rings. The van der Waals surface area contributed by atoms with Crippen LogP contribution in [0, 0.1) is 34.5 Å². The van der Waals surface area contributed by atoms with E-state index in [-0.39, 0.29) is 77.4 Å². The highest BCUT2D eigenvalue weighted by Crippen LogP contribution is 2.70. The van der Waals surface area contributed by atoms with Crippen LogP contribution in [0.5, 0.6) is 0 Å². The van der Waals surface area contributed by atoms with Crippen molar-refractivity contribution >= 4 is 41.2 Å². The zero-order valence-electron chi connectivity index (χ0n) is 38.6. The number of urea groups is 1. The third kappa shape index (κ3) is 11.4. The summed E-state index contributed by atoms with van der Waals surface area (Å²) in [7, 11) is 0. The molecule has 2 aliphatic heterocycles. The third-order valence-corrected chi connectivity index (χ3v) is 18.5. The first kappa shape index (κ1) is 49.3. The molecule has 0 bridgehead atoms. The summed E-state index contributed by atoms with van der Waals surface area (Å²) in [6.45, 7) is 7.31. The van der Waals surface area contributed by atoms with Crippen molar-refractivity contribution in [3.8, 4) is 0 Å². The molecule has 64 heavy (non-hydrogen) atoms. The SMILES string of the molecule is C[C@]12CC[C@H](OCC(=O)NCCCCCC(=O)NCCOCCOCCCC(=O)CCCC[C@@H]3SC[C@@H]4NC(=O)N[C@@H]43)C[C@H]1CC[C@@H]1[C@@H]2C[C@@H](O)[C@]2(C)[C@@H](C3=CC(=O)CC3)CC[C@]12O. The Kier molecular flexibility index (Phi) is 17.3. The number of aliphatic hydroxyl groups is 2. The molecule has 360 valence electrons. The second-order valence-electron chi connectivity index (χ2n) is 20.7. The van der Waals surface area contributed by atoms with E-state index in [1.807, 2.05) is 11.8 Å². The Morgan fingerprint density at radius 3 is 2.41 bits per heavy atom. The normalized spacial score (nSPS) is 36.3. The molecule has 6 N–H and O–H groups in total. The van der Waals surface area contributed by atoms with Gasteiger partial charge in [-0.3, -0.25) is 19.2 Å². The average Bonchev–Trinajstić information content (AvgIpc) is 4.04. The fraction of sp³-hybridized carbons (Fsp3) is 0.857. The van der Waals surface area contributed by atoms with Gasteiger partial charge in [0.25, 0.3) is 0 Å². The number of ketones is 2. The van der Waals surface area contributed by atoms with E-state index in [0.29, 0.717) is 95.6 Å². The van der Waals surface area contributed by atoms with Gasteiger partial charge in [-0.2, -0.15) is 11.8 Å². The predicted octanol–water partition coefficient (Wildman–Crippen LogP) is 5.31. The molecule has 0 radical (unpaired) electrons. The van der Waals surface area contributed by atoms with E-state index in [1.54, 1.807) is 6.08 Å². The first-order valence-electron chi connectivity index (χ1n) is 25.0. The fourth-order valence-electron chi connectivity index (χ4n) is 13.3. The van der Waals surface area contributed by atoms with Gasteiger partial charge in [-0.1, -0.05) is 32.3 Å². The summed E-state index contributed by atoms with van der Waals surface area (Å²) in [6.07, 6.45) is 16.9. The van der Waals surface area contributed by atoms with E-state index in [4.69, 9.17) is 14.2 Å². The van der Waals surface area contributed by atoms with Crippen molar-refractivity contribution in [1.29, 1.82) is 0 Å². The van der Waals surface area contributed by atoms with Gasteiger partial charge in [0.15, 0.2) is 5.78 Å². The van der Waals surface area contributed by atoms with E-state index >= 15 is 0 Å². The predicted molar refractivity (Wildman–Crippen MR) is 244 cm³/mol. The number of hydrogen-bond donors (Lipinski definition) is 6. The topological polar surface area (TPSA) is 202 Å². The summed E-state index contributed by atoms with van der Waals surface area (Å²) in [5.74, 6) is 2.14. The molecule has 12 atom stereocenters. The number of aliphatic hydroxyl groups excluding tert-OH is 1. The molecule has 0 aromatic carbocycles. The summed E-state index contributed by atoms with van der Waals surface area (Å²) in [5.41, 5.74) is -0.422. The lowest BCUT2D eigenvalue weighted by molar-refractivity contribution is -0.245. The number of amides is 4. The third-order valence-electron chi connectivity index (χ3n) is 17.0. The first-order valence-corrected chi connectivity index (χ1v) is 26.0. The standard InChI is InChI=1S/C49H78N4O10S/c1-47-19-17-36(28-33(47)14-16-38-39(47)29-42(56)48(2)37(18-20-49(38,48)60)32-13-15-35(55)27-32)63-30-44(58)50-21-7-3-4-12-43(57)51-22-24-62-26-25-61-23-8-10-34(54)9-5-6-11-41-45-40(31-64-41)52-46(59)53-45/h27,33,36-42,45,56,60H,3-26,28-31H2,1-2H3,(H,50,58)(H,51,57)(H2,52,53,59)/t33-,36+,37-,38-,39+,40+,41+,42-,45+,47+,48+,49+/m1/s1. The Labute approximate surface area is 385 Å². The Morgan fingerprint density at radius 1 is 0.812 bits per heavy atom. The van der Waals surface area contributed by atoms with Crippen molar-refractivity contribution in [3.05, 3.63) is 11.6 Å². The van der Waals surface area contributed by atoms with E-state index in [0.717, 1.165) is 94.8 Å². The number of allylic oxidation sites excluding steroid dienone is 2. The van der Waals surface area contributed by atoms with E-state index < -0.39 is 17.1 Å². The second-order valence-corrected chi connectivity index (χ2v) is 22.0. The van der Waals surface area contributed by atoms with Crippen molar-refractivity contribution in [2.75, 3.05) is 51.9 Å². The Bertz CT molecular complexity index is 1680. The van der Waals surface area contributed by atoms with Gasteiger partial charge in [-0.15, -0.1) is 0 Å². The zero-order valence-corrected chi connectivity index (χ0v) is 39.5. The highest BCUT2D eigenvalue weighted by atomic mass is 32.2. The van der Waals surface area contributed by atoms with Crippen molar-refractivity contribution in [2.45, 2.75) is 177 Å². The molecular weight excluding hydrogens is 837 g/mol. The zero-order chi connectivity index (χ0) is 45.3. The van der Waals surface area contributed by atoms with Crippen LogP contribution in [0.4, 0.5) is 4.79 Å². The number of fused-ring (bicyclic) bond motifs is 6. The summed E-state index contributed by atoms with van der Waals surface area (Å²) >= 11 is 1.91. The summed E-state index contributed by atoms with van der Waals surface area (Å²) in [4.78, 5) is 60.8. The van der Waals surface area contributed by atoms with E-state index in [2.05, 4.69) is 35.1 Å². The Hall–Kier alpha value is -2.56. The van der Waals surface area contributed by atoms with Crippen LogP contribution in [0.15, 0.2) is 11.6 Å². The molecule has 2 heterocycles.